The summed E-state index contributed by atoms with van der Waals surface area (Å²) in [7, 11) is 0. The van der Waals surface area contributed by atoms with E-state index in [1.54, 1.807) is 0 Å². The maximum Gasteiger partial charge on any atom is 0.407 e. The van der Waals surface area contributed by atoms with Crippen LogP contribution in [0.5, 0.6) is 0 Å². The van der Waals surface area contributed by atoms with Crippen molar-refractivity contribution < 1.29 is 24.2 Å². The van der Waals surface area contributed by atoms with E-state index in [0.29, 0.717) is 19.4 Å². The highest BCUT2D eigenvalue weighted by atomic mass is 16.6. The number of nitrogens with one attached hydrogen (secondary N) is 2. The van der Waals surface area contributed by atoms with Crippen LogP contribution in [-0.2, 0) is 20.7 Å². The maximum atomic E-state index is 12.8. The number of fused-ring (bicyclic) bond motifs is 1. The molecular weight excluding hydrogens is 420 g/mol. The molecule has 0 aliphatic heterocycles. The van der Waals surface area contributed by atoms with Crippen LogP contribution in [-0.4, -0.2) is 41.3 Å². The van der Waals surface area contributed by atoms with E-state index in [0.717, 1.165) is 29.2 Å². The fourth-order valence-corrected chi connectivity index (χ4v) is 4.26. The number of alkyl carbamates (subject to hydrolysis) is 1. The van der Waals surface area contributed by atoms with Crippen LogP contribution in [0.2, 0.25) is 0 Å². The van der Waals surface area contributed by atoms with Crippen molar-refractivity contribution in [3.8, 4) is 0 Å². The smallest absolute Gasteiger partial charge is 0.407 e. The van der Waals surface area contributed by atoms with Crippen molar-refractivity contribution in [3.05, 3.63) is 48.0 Å². The number of ether oxygens (including phenoxy) is 1. The minimum Gasteiger partial charge on any atom is -0.480 e. The average Bonchev–Trinajstić information content (AvgIpc) is 2.76. The van der Waals surface area contributed by atoms with Gasteiger partial charge in [0.1, 0.15) is 11.6 Å². The van der Waals surface area contributed by atoms with E-state index in [1.165, 1.54) is 0 Å². The molecule has 0 bridgehead atoms. The summed E-state index contributed by atoms with van der Waals surface area (Å²) in [5.74, 6) is -1.16. The Morgan fingerprint density at radius 1 is 1.03 bits per heavy atom. The van der Waals surface area contributed by atoms with Gasteiger partial charge in [0.15, 0.2) is 0 Å². The van der Waals surface area contributed by atoms with Gasteiger partial charge in [0, 0.05) is 18.9 Å². The number of carboxylic acids is 1. The minimum atomic E-state index is -1.04. The molecule has 3 N–H and O–H groups in total. The molecule has 0 spiro atoms. The first-order chi connectivity index (χ1) is 15.6. The van der Waals surface area contributed by atoms with E-state index in [-0.39, 0.29) is 24.2 Å². The van der Waals surface area contributed by atoms with Gasteiger partial charge >= 0.3 is 12.1 Å². The Bertz CT molecular complexity index is 990. The number of hydrogen-bond donors (Lipinski definition) is 3. The highest BCUT2D eigenvalue weighted by Crippen LogP contribution is 2.29. The highest BCUT2D eigenvalue weighted by Gasteiger charge is 2.30. The number of rotatable bonds is 7. The third kappa shape index (κ3) is 7.48. The van der Waals surface area contributed by atoms with Crippen LogP contribution in [0.25, 0.3) is 10.8 Å². The fourth-order valence-electron chi connectivity index (χ4n) is 4.26. The van der Waals surface area contributed by atoms with E-state index in [9.17, 15) is 19.5 Å². The van der Waals surface area contributed by atoms with Crippen LogP contribution in [0.4, 0.5) is 4.79 Å². The lowest BCUT2D eigenvalue weighted by atomic mass is 9.81. The monoisotopic (exact) mass is 454 g/mol. The molecule has 1 atom stereocenters. The van der Waals surface area contributed by atoms with Crippen molar-refractivity contribution in [1.82, 2.24) is 10.6 Å². The molecule has 2 aromatic rings. The summed E-state index contributed by atoms with van der Waals surface area (Å²) >= 11 is 0. The van der Waals surface area contributed by atoms with Gasteiger partial charge in [-0.05, 0) is 68.7 Å². The van der Waals surface area contributed by atoms with Gasteiger partial charge in [-0.1, -0.05) is 42.5 Å². The zero-order chi connectivity index (χ0) is 24.0. The lowest BCUT2D eigenvalue weighted by Gasteiger charge is -2.29. The number of carboxylic acid groups (broad SMARTS) is 1. The Labute approximate surface area is 194 Å². The summed E-state index contributed by atoms with van der Waals surface area (Å²) in [6.45, 7) is 5.98. The summed E-state index contributed by atoms with van der Waals surface area (Å²) in [5, 5.41) is 17.4. The number of amides is 2. The van der Waals surface area contributed by atoms with Crippen LogP contribution in [0.3, 0.4) is 0 Å². The zero-order valence-corrected chi connectivity index (χ0v) is 19.6. The average molecular weight is 455 g/mol. The molecule has 33 heavy (non-hydrogen) atoms. The molecule has 0 unspecified atom stereocenters. The number of benzene rings is 2. The largest absolute Gasteiger partial charge is 0.480 e. The molecule has 0 heterocycles. The van der Waals surface area contributed by atoms with E-state index in [1.807, 2.05) is 63.2 Å². The third-order valence-electron chi connectivity index (χ3n) is 6.02. The normalized spacial score (nSPS) is 19.5. The van der Waals surface area contributed by atoms with Gasteiger partial charge in [0.2, 0.25) is 5.91 Å². The molecule has 0 aromatic heterocycles. The molecule has 1 aliphatic carbocycles. The molecule has 0 radical (unpaired) electrons. The number of aliphatic carboxylic acids is 1. The Morgan fingerprint density at radius 2 is 1.70 bits per heavy atom. The maximum absolute atomic E-state index is 12.8. The standard InChI is InChI=1S/C26H34N2O5/c1-26(2,3)33-25(32)27-16-17-8-12-20(13-9-17)23(29)28-22(24(30)31)15-18-10-11-19-6-4-5-7-21(19)14-18/h4-7,10-11,14,17,20,22H,8-9,12-13,15-16H2,1-3H3,(H,27,32)(H,28,29)(H,30,31)/t17-,20-,22-/m0/s1. The van der Waals surface area contributed by atoms with Gasteiger partial charge in [-0.25, -0.2) is 9.59 Å². The number of hydrogen-bond acceptors (Lipinski definition) is 4. The fraction of sp³-hybridized carbons (Fsp3) is 0.500. The number of carbonyl (C=O) groups excluding carboxylic acids is 2. The Morgan fingerprint density at radius 3 is 2.33 bits per heavy atom. The highest BCUT2D eigenvalue weighted by molar-refractivity contribution is 5.86. The van der Waals surface area contributed by atoms with E-state index >= 15 is 0 Å². The van der Waals surface area contributed by atoms with Crippen molar-refractivity contribution in [2.24, 2.45) is 11.8 Å². The second-order valence-electron chi connectivity index (χ2n) is 9.89. The Balaban J connectivity index is 1.48. The molecule has 7 heteroatoms. The lowest BCUT2D eigenvalue weighted by molar-refractivity contribution is -0.142. The third-order valence-corrected chi connectivity index (χ3v) is 6.02. The molecule has 178 valence electrons. The molecule has 0 saturated heterocycles. The molecule has 2 aromatic carbocycles. The lowest BCUT2D eigenvalue weighted by Crippen LogP contribution is -2.46. The minimum absolute atomic E-state index is 0.207. The molecule has 1 saturated carbocycles. The first-order valence-corrected chi connectivity index (χ1v) is 11.6. The Hall–Kier alpha value is -3.09. The van der Waals surface area contributed by atoms with E-state index in [4.69, 9.17) is 4.74 Å². The van der Waals surface area contributed by atoms with Gasteiger partial charge in [-0.2, -0.15) is 0 Å². The molecule has 1 fully saturated rings. The van der Waals surface area contributed by atoms with Crippen LogP contribution >= 0.6 is 0 Å². The molecule has 2 amide bonds. The van der Waals surface area contributed by atoms with Crippen LogP contribution in [0.1, 0.15) is 52.0 Å². The molecule has 1 aliphatic rings. The summed E-state index contributed by atoms with van der Waals surface area (Å²) in [6.07, 6.45) is 2.76. The second kappa shape index (κ2) is 10.7. The van der Waals surface area contributed by atoms with Gasteiger partial charge in [-0.15, -0.1) is 0 Å². The summed E-state index contributed by atoms with van der Waals surface area (Å²) in [6, 6.07) is 12.8. The van der Waals surface area contributed by atoms with Crippen molar-refractivity contribution in [2.45, 2.75) is 64.5 Å². The zero-order valence-electron chi connectivity index (χ0n) is 19.6. The van der Waals surface area contributed by atoms with Crippen molar-refractivity contribution in [2.75, 3.05) is 6.54 Å². The van der Waals surface area contributed by atoms with Gasteiger partial charge < -0.3 is 20.5 Å². The van der Waals surface area contributed by atoms with E-state index < -0.39 is 23.7 Å². The van der Waals surface area contributed by atoms with Crippen molar-refractivity contribution in [1.29, 1.82) is 0 Å². The predicted octanol–water partition coefficient (Wildman–Crippen LogP) is 4.28. The topological polar surface area (TPSA) is 105 Å². The van der Waals surface area contributed by atoms with Crippen molar-refractivity contribution in [3.63, 3.8) is 0 Å². The van der Waals surface area contributed by atoms with Gasteiger partial charge in [0.05, 0.1) is 0 Å². The van der Waals surface area contributed by atoms with Crippen LogP contribution in [0, 0.1) is 11.8 Å². The Kier molecular flexibility index (Phi) is 7.95. The van der Waals surface area contributed by atoms with E-state index in [2.05, 4.69) is 10.6 Å². The molecular formula is C26H34N2O5. The molecule has 7 nitrogen and oxygen atoms in total. The SMILES string of the molecule is CC(C)(C)OC(=O)NC[C@H]1CC[C@H](C(=O)N[C@@H](Cc2ccc3ccccc3c2)C(=O)O)CC1. The quantitative estimate of drug-likeness (QED) is 0.579. The summed E-state index contributed by atoms with van der Waals surface area (Å²) in [4.78, 5) is 36.4. The van der Waals surface area contributed by atoms with Crippen LogP contribution < -0.4 is 10.6 Å². The van der Waals surface area contributed by atoms with Crippen LogP contribution in [0.15, 0.2) is 42.5 Å². The molecule has 3 rings (SSSR count). The second-order valence-corrected chi connectivity index (χ2v) is 9.89. The predicted molar refractivity (Wildman–Crippen MR) is 127 cm³/mol. The van der Waals surface area contributed by atoms with Gasteiger partial charge in [0.25, 0.3) is 0 Å². The first-order valence-electron chi connectivity index (χ1n) is 11.6. The summed E-state index contributed by atoms with van der Waals surface area (Å²) in [5.41, 5.74) is 0.339. The summed E-state index contributed by atoms with van der Waals surface area (Å²) < 4.78 is 5.26. The first kappa shape index (κ1) is 24.6. The number of carbonyl (C=O) groups is 3. The van der Waals surface area contributed by atoms with Gasteiger partial charge in [-0.3, -0.25) is 4.79 Å². The van der Waals surface area contributed by atoms with Crippen molar-refractivity contribution >= 4 is 28.7 Å².